The van der Waals surface area contributed by atoms with Gasteiger partial charge in [-0.3, -0.25) is 0 Å². The fraction of sp³-hybridized carbons (Fsp3) is 0.857. The van der Waals surface area contributed by atoms with E-state index in [1.807, 2.05) is 0 Å². The van der Waals surface area contributed by atoms with Gasteiger partial charge in [-0.2, -0.15) is 0 Å². The van der Waals surface area contributed by atoms with Crippen LogP contribution in [0.5, 0.6) is 0 Å². The molecule has 0 rings (SSSR count). The fourth-order valence-corrected chi connectivity index (χ4v) is 6.25. The number of carbonyl (C=O) groups is 2. The van der Waals surface area contributed by atoms with Crippen LogP contribution in [0.4, 0.5) is 0 Å². The first-order valence-electron chi connectivity index (χ1n) is 7.43. The van der Waals surface area contributed by atoms with Gasteiger partial charge in [-0.25, -0.2) is 0 Å². The normalized spacial score (nSPS) is 10.1. The molecule has 0 fully saturated rings. The van der Waals surface area contributed by atoms with Crippen LogP contribution in [0.25, 0.3) is 0 Å². The van der Waals surface area contributed by atoms with Gasteiger partial charge < -0.3 is 0 Å². The Morgan fingerprint density at radius 2 is 1.30 bits per heavy atom. The second-order valence-corrected chi connectivity index (χ2v) is 14.5. The van der Waals surface area contributed by atoms with E-state index in [4.69, 9.17) is 18.8 Å². The molecule has 0 N–H and O–H groups in total. The van der Waals surface area contributed by atoms with Crippen LogP contribution in [-0.4, -0.2) is 43.0 Å². The summed E-state index contributed by atoms with van der Waals surface area (Å²) < 4.78 is 11.7. The molecule has 0 aliphatic rings. The zero-order valence-corrected chi connectivity index (χ0v) is 16.3. The van der Waals surface area contributed by atoms with E-state index in [1.54, 1.807) is 0 Å². The van der Waals surface area contributed by atoms with Gasteiger partial charge in [-0.1, -0.05) is 0 Å². The standard InChI is InChI=1S/2C7H13O2.S.Sn/c2*1-3-5-6-9-7(8)4-2;;/h2*2-6H2,1H3;;. The molecule has 0 bridgehead atoms. The maximum atomic E-state index is 11.4. The quantitative estimate of drug-likeness (QED) is 0.280. The topological polar surface area (TPSA) is 52.6 Å². The summed E-state index contributed by atoms with van der Waals surface area (Å²) in [5, 5.41) is 0. The number of hydrogen-bond acceptors (Lipinski definition) is 5. The Kier molecular flexibility index (Phi) is 13.9. The Morgan fingerprint density at radius 3 is 1.65 bits per heavy atom. The first-order chi connectivity index (χ1) is 9.60. The molecule has 0 aromatic carbocycles. The first kappa shape index (κ1) is 20.0. The summed E-state index contributed by atoms with van der Waals surface area (Å²) in [6, 6.07) is 0. The van der Waals surface area contributed by atoms with Crippen molar-refractivity contribution in [3.8, 4) is 0 Å². The van der Waals surface area contributed by atoms with Crippen molar-refractivity contribution < 1.29 is 19.1 Å². The predicted octanol–water partition coefficient (Wildman–Crippen LogP) is 3.64. The van der Waals surface area contributed by atoms with Crippen molar-refractivity contribution in [1.29, 1.82) is 0 Å². The van der Waals surface area contributed by atoms with Crippen LogP contribution in [0.2, 0.25) is 8.87 Å². The van der Waals surface area contributed by atoms with E-state index in [-0.39, 0.29) is 11.9 Å². The molecule has 0 amide bonds. The van der Waals surface area contributed by atoms with Crippen LogP contribution in [0.3, 0.4) is 0 Å². The Bertz CT molecular complexity index is 280. The molecule has 0 spiro atoms. The SMILES string of the molecule is CCCCOC(=O)C[CH2][Sn](=[S])[CH2]CC(=O)OCCCC. The maximum absolute atomic E-state index is 11.4. The van der Waals surface area contributed by atoms with Crippen molar-refractivity contribution in [3.05, 3.63) is 0 Å². The molecule has 0 heterocycles. The van der Waals surface area contributed by atoms with Gasteiger partial charge in [0.15, 0.2) is 0 Å². The molecular formula is C14H26O4SSn. The van der Waals surface area contributed by atoms with Gasteiger partial charge in [0.1, 0.15) is 0 Å². The predicted molar refractivity (Wildman–Crippen MR) is 83.9 cm³/mol. The number of ether oxygens (including phenoxy) is 2. The zero-order chi connectivity index (χ0) is 15.2. The number of rotatable bonds is 12. The van der Waals surface area contributed by atoms with E-state index in [1.165, 1.54) is 0 Å². The van der Waals surface area contributed by atoms with Crippen LogP contribution in [0, 0.1) is 0 Å². The summed E-state index contributed by atoms with van der Waals surface area (Å²) in [6.45, 7) is 5.13. The van der Waals surface area contributed by atoms with E-state index in [0.717, 1.165) is 34.6 Å². The third-order valence-electron chi connectivity index (χ3n) is 2.74. The Hall–Kier alpha value is -0.0413. The summed E-state index contributed by atoms with van der Waals surface area (Å²) in [5.74, 6) is -0.293. The van der Waals surface area contributed by atoms with Crippen LogP contribution in [-0.2, 0) is 19.1 Å². The number of hydrogen-bond donors (Lipinski definition) is 0. The van der Waals surface area contributed by atoms with E-state index < -0.39 is 17.8 Å². The van der Waals surface area contributed by atoms with Gasteiger partial charge >= 0.3 is 133 Å². The molecular weight excluding hydrogens is 383 g/mol. The van der Waals surface area contributed by atoms with Gasteiger partial charge in [-0.05, 0) is 0 Å². The Labute approximate surface area is 132 Å². The third kappa shape index (κ3) is 13.0. The molecule has 0 radical (unpaired) electrons. The van der Waals surface area contributed by atoms with Gasteiger partial charge in [0.2, 0.25) is 0 Å². The van der Waals surface area contributed by atoms with E-state index >= 15 is 0 Å². The zero-order valence-electron chi connectivity index (χ0n) is 12.6. The minimum absolute atomic E-state index is 0.146. The van der Waals surface area contributed by atoms with E-state index in [0.29, 0.717) is 26.1 Å². The molecule has 0 aliphatic carbocycles. The molecule has 0 aromatic rings. The van der Waals surface area contributed by atoms with Crippen LogP contribution in [0.15, 0.2) is 0 Å². The summed E-state index contributed by atoms with van der Waals surface area (Å²) in [4.78, 5) is 22.8. The van der Waals surface area contributed by atoms with Crippen molar-refractivity contribution in [2.75, 3.05) is 13.2 Å². The molecule has 0 saturated carbocycles. The van der Waals surface area contributed by atoms with Gasteiger partial charge in [0, 0.05) is 0 Å². The molecule has 0 saturated heterocycles. The third-order valence-corrected chi connectivity index (χ3v) is 10.1. The summed E-state index contributed by atoms with van der Waals surface area (Å²) in [7, 11) is 5.43. The molecule has 0 aromatic heterocycles. The molecule has 6 heteroatoms. The fourth-order valence-electron chi connectivity index (χ4n) is 1.41. The number of esters is 2. The van der Waals surface area contributed by atoms with Crippen LogP contribution < -0.4 is 0 Å². The van der Waals surface area contributed by atoms with Gasteiger partial charge in [-0.15, -0.1) is 0 Å². The van der Waals surface area contributed by atoms with Gasteiger partial charge in [0.05, 0.1) is 0 Å². The molecule has 20 heavy (non-hydrogen) atoms. The number of unbranched alkanes of at least 4 members (excludes halogenated alkanes) is 2. The molecule has 4 nitrogen and oxygen atoms in total. The van der Waals surface area contributed by atoms with Crippen molar-refractivity contribution in [3.63, 3.8) is 0 Å². The second-order valence-electron chi connectivity index (χ2n) is 4.69. The van der Waals surface area contributed by atoms with Crippen LogP contribution >= 0.6 is 9.29 Å². The minimum atomic E-state index is -1.97. The van der Waals surface area contributed by atoms with Crippen LogP contribution in [0.1, 0.15) is 52.4 Å². The van der Waals surface area contributed by atoms with Gasteiger partial charge in [0.25, 0.3) is 0 Å². The first-order valence-corrected chi connectivity index (χ1v) is 15.4. The summed E-state index contributed by atoms with van der Waals surface area (Å²) in [6.07, 6.45) is 4.72. The molecule has 0 aliphatic heterocycles. The van der Waals surface area contributed by atoms with Crippen molar-refractivity contribution >= 4 is 39.0 Å². The molecule has 0 unspecified atom stereocenters. The molecule has 0 atom stereocenters. The monoisotopic (exact) mass is 410 g/mol. The van der Waals surface area contributed by atoms with Crippen molar-refractivity contribution in [2.24, 2.45) is 0 Å². The van der Waals surface area contributed by atoms with Crippen molar-refractivity contribution in [2.45, 2.75) is 61.2 Å². The average molecular weight is 409 g/mol. The number of carbonyl (C=O) groups excluding carboxylic acids is 2. The average Bonchev–Trinajstić information content (AvgIpc) is 2.43. The Balaban J connectivity index is 3.57. The molecule has 116 valence electrons. The van der Waals surface area contributed by atoms with Crippen molar-refractivity contribution in [1.82, 2.24) is 0 Å². The summed E-state index contributed by atoms with van der Waals surface area (Å²) in [5.41, 5.74) is 0. The second kappa shape index (κ2) is 13.9. The van der Waals surface area contributed by atoms with E-state index in [2.05, 4.69) is 13.8 Å². The summed E-state index contributed by atoms with van der Waals surface area (Å²) >= 11 is -1.97. The Morgan fingerprint density at radius 1 is 0.900 bits per heavy atom. The van der Waals surface area contributed by atoms with E-state index in [9.17, 15) is 9.59 Å².